The molecule has 0 atom stereocenters. The summed E-state index contributed by atoms with van der Waals surface area (Å²) in [5, 5.41) is 0.797. The lowest BCUT2D eigenvalue weighted by Crippen LogP contribution is -2.34. The monoisotopic (exact) mass is 419 g/mol. The standard InChI is InChI=1S/C27H17NO4/c29-24-15-8-1-2-9-16(15)25(30)22(24)21(19-13-28-20-12-6-5-7-14(19)20)23-26(31)17-10-3-4-11-18(17)27(23)32/h1-13,21-23,28H. The van der Waals surface area contributed by atoms with E-state index in [4.69, 9.17) is 0 Å². The van der Waals surface area contributed by atoms with E-state index in [1.54, 1.807) is 54.7 Å². The maximum absolute atomic E-state index is 13.5. The Labute approximate surface area is 183 Å². The van der Waals surface area contributed by atoms with Crippen LogP contribution in [-0.2, 0) is 0 Å². The molecule has 0 fully saturated rings. The van der Waals surface area contributed by atoms with Crippen LogP contribution in [0.3, 0.4) is 0 Å². The second-order valence-corrected chi connectivity index (χ2v) is 8.32. The average Bonchev–Trinajstić information content (AvgIpc) is 3.44. The Morgan fingerprint density at radius 1 is 0.562 bits per heavy atom. The molecule has 2 aliphatic rings. The highest BCUT2D eigenvalue weighted by molar-refractivity contribution is 6.30. The predicted molar refractivity (Wildman–Crippen MR) is 118 cm³/mol. The smallest absolute Gasteiger partial charge is 0.175 e. The summed E-state index contributed by atoms with van der Waals surface area (Å²) < 4.78 is 0. The summed E-state index contributed by atoms with van der Waals surface area (Å²) in [5.74, 6) is -4.49. The van der Waals surface area contributed by atoms with E-state index in [0.29, 0.717) is 27.8 Å². The quantitative estimate of drug-likeness (QED) is 0.490. The molecule has 0 unspecified atom stereocenters. The van der Waals surface area contributed by atoms with E-state index in [9.17, 15) is 19.2 Å². The highest BCUT2D eigenvalue weighted by Crippen LogP contribution is 2.47. The van der Waals surface area contributed by atoms with Crippen LogP contribution < -0.4 is 0 Å². The van der Waals surface area contributed by atoms with Gasteiger partial charge in [-0.2, -0.15) is 0 Å². The summed E-state index contributed by atoms with van der Waals surface area (Å²) >= 11 is 0. The fourth-order valence-electron chi connectivity index (χ4n) is 5.31. The number of H-pyrrole nitrogens is 1. The lowest BCUT2D eigenvalue weighted by atomic mass is 9.72. The third kappa shape index (κ3) is 2.39. The third-order valence-corrected chi connectivity index (χ3v) is 6.74. The number of Topliss-reactive ketones (excluding diaryl/α,β-unsaturated/α-hetero) is 4. The Morgan fingerprint density at radius 2 is 0.969 bits per heavy atom. The molecule has 4 aromatic rings. The first kappa shape index (κ1) is 18.6. The van der Waals surface area contributed by atoms with E-state index in [2.05, 4.69) is 4.98 Å². The maximum Gasteiger partial charge on any atom is 0.175 e. The van der Waals surface area contributed by atoms with Gasteiger partial charge in [-0.05, 0) is 11.6 Å². The van der Waals surface area contributed by atoms with Crippen LogP contribution in [0.15, 0.2) is 79.0 Å². The van der Waals surface area contributed by atoms with Crippen LogP contribution in [0.5, 0.6) is 0 Å². The number of ketones is 4. The molecular weight excluding hydrogens is 402 g/mol. The van der Waals surface area contributed by atoms with Crippen molar-refractivity contribution in [3.63, 3.8) is 0 Å². The first-order chi connectivity index (χ1) is 15.6. The lowest BCUT2D eigenvalue weighted by Gasteiger charge is -2.25. The van der Waals surface area contributed by atoms with Crippen LogP contribution in [0.2, 0.25) is 0 Å². The summed E-state index contributed by atoms with van der Waals surface area (Å²) in [6.07, 6.45) is 1.72. The van der Waals surface area contributed by atoms with Gasteiger partial charge in [-0.3, -0.25) is 19.2 Å². The molecule has 0 radical (unpaired) electrons. The van der Waals surface area contributed by atoms with Gasteiger partial charge in [0.2, 0.25) is 0 Å². The van der Waals surface area contributed by atoms with Crippen molar-refractivity contribution in [3.8, 4) is 0 Å². The molecule has 2 aliphatic carbocycles. The fraction of sp³-hybridized carbons (Fsp3) is 0.111. The average molecular weight is 419 g/mol. The van der Waals surface area contributed by atoms with Crippen LogP contribution in [0, 0.1) is 11.8 Å². The molecule has 0 saturated heterocycles. The predicted octanol–water partition coefficient (Wildman–Crippen LogP) is 4.64. The summed E-state index contributed by atoms with van der Waals surface area (Å²) in [7, 11) is 0. The topological polar surface area (TPSA) is 84.1 Å². The van der Waals surface area contributed by atoms with Gasteiger partial charge < -0.3 is 4.98 Å². The van der Waals surface area contributed by atoms with Gasteiger partial charge in [0.25, 0.3) is 0 Å². The minimum atomic E-state index is -1.13. The van der Waals surface area contributed by atoms with Crippen molar-refractivity contribution in [3.05, 3.63) is 107 Å². The number of benzene rings is 3. The van der Waals surface area contributed by atoms with Gasteiger partial charge in [-0.15, -0.1) is 0 Å². The highest BCUT2D eigenvalue weighted by Gasteiger charge is 2.53. The van der Waals surface area contributed by atoms with Crippen molar-refractivity contribution in [2.75, 3.05) is 0 Å². The Bertz CT molecular complexity index is 1330. The van der Waals surface area contributed by atoms with E-state index in [1.165, 1.54) is 0 Å². The summed E-state index contributed by atoms with van der Waals surface area (Å²) in [5.41, 5.74) is 2.86. The first-order valence-electron chi connectivity index (χ1n) is 10.5. The zero-order valence-electron chi connectivity index (χ0n) is 16.9. The second-order valence-electron chi connectivity index (χ2n) is 8.32. The summed E-state index contributed by atoms with van der Waals surface area (Å²) in [6.45, 7) is 0. The van der Waals surface area contributed by atoms with Gasteiger partial charge in [0.05, 0.1) is 11.8 Å². The number of hydrogen-bond acceptors (Lipinski definition) is 4. The molecule has 0 saturated carbocycles. The summed E-state index contributed by atoms with van der Waals surface area (Å²) in [4.78, 5) is 57.0. The van der Waals surface area contributed by atoms with Crippen molar-refractivity contribution in [1.29, 1.82) is 0 Å². The Morgan fingerprint density at radius 3 is 1.44 bits per heavy atom. The number of carbonyl (C=O) groups excluding carboxylic acids is 4. The van der Waals surface area contributed by atoms with Gasteiger partial charge in [-0.1, -0.05) is 66.7 Å². The number of aromatic amines is 1. The van der Waals surface area contributed by atoms with Crippen molar-refractivity contribution < 1.29 is 19.2 Å². The van der Waals surface area contributed by atoms with Crippen LogP contribution in [0.1, 0.15) is 52.9 Å². The van der Waals surface area contributed by atoms with E-state index in [1.807, 2.05) is 24.3 Å². The molecule has 3 aromatic carbocycles. The molecule has 6 rings (SSSR count). The maximum atomic E-state index is 13.5. The number of hydrogen-bond donors (Lipinski definition) is 1. The van der Waals surface area contributed by atoms with Gasteiger partial charge in [-0.25, -0.2) is 0 Å². The summed E-state index contributed by atoms with van der Waals surface area (Å²) in [6, 6.07) is 20.9. The molecule has 0 spiro atoms. The van der Waals surface area contributed by atoms with Crippen LogP contribution in [-0.4, -0.2) is 28.1 Å². The molecule has 1 heterocycles. The molecular formula is C27H17NO4. The van der Waals surface area contributed by atoms with Crippen LogP contribution in [0.25, 0.3) is 10.9 Å². The molecule has 0 bridgehead atoms. The van der Waals surface area contributed by atoms with Crippen molar-refractivity contribution >= 4 is 34.0 Å². The number of nitrogens with one attached hydrogen (secondary N) is 1. The molecule has 32 heavy (non-hydrogen) atoms. The van der Waals surface area contributed by atoms with E-state index in [0.717, 1.165) is 10.9 Å². The fourth-order valence-corrected chi connectivity index (χ4v) is 5.31. The second kappa shape index (κ2) is 6.69. The van der Waals surface area contributed by atoms with Crippen molar-refractivity contribution in [1.82, 2.24) is 4.98 Å². The van der Waals surface area contributed by atoms with Crippen molar-refractivity contribution in [2.45, 2.75) is 5.92 Å². The molecule has 0 aliphatic heterocycles. The molecule has 1 N–H and O–H groups in total. The number of para-hydroxylation sites is 1. The van der Waals surface area contributed by atoms with E-state index >= 15 is 0 Å². The minimum Gasteiger partial charge on any atom is -0.361 e. The van der Waals surface area contributed by atoms with Gasteiger partial charge in [0.1, 0.15) is 0 Å². The van der Waals surface area contributed by atoms with Gasteiger partial charge in [0.15, 0.2) is 23.1 Å². The largest absolute Gasteiger partial charge is 0.361 e. The SMILES string of the molecule is O=C1c2ccccc2C(=O)C1C(c1c[nH]c2ccccc12)C1C(=O)c2ccccc2C1=O. The molecule has 0 amide bonds. The van der Waals surface area contributed by atoms with Gasteiger partial charge in [0, 0.05) is 45.3 Å². The van der Waals surface area contributed by atoms with E-state index in [-0.39, 0.29) is 23.1 Å². The highest BCUT2D eigenvalue weighted by atomic mass is 16.2. The zero-order chi connectivity index (χ0) is 22.0. The number of fused-ring (bicyclic) bond motifs is 3. The molecule has 5 heteroatoms. The van der Waals surface area contributed by atoms with Gasteiger partial charge >= 0.3 is 0 Å². The lowest BCUT2D eigenvalue weighted by molar-refractivity contribution is 0.0729. The minimum absolute atomic E-state index is 0.336. The van der Waals surface area contributed by atoms with Crippen LogP contribution in [0.4, 0.5) is 0 Å². The third-order valence-electron chi connectivity index (χ3n) is 6.74. The van der Waals surface area contributed by atoms with Crippen LogP contribution >= 0.6 is 0 Å². The van der Waals surface area contributed by atoms with Crippen molar-refractivity contribution in [2.24, 2.45) is 11.8 Å². The first-order valence-corrected chi connectivity index (χ1v) is 10.5. The normalized spacial score (nSPS) is 16.4. The molecule has 1 aromatic heterocycles. The Hall–Kier alpha value is -4.12. The Balaban J connectivity index is 1.58. The zero-order valence-corrected chi connectivity index (χ0v) is 16.9. The Kier molecular flexibility index (Phi) is 3.89. The van der Waals surface area contributed by atoms with E-state index < -0.39 is 17.8 Å². The number of aromatic nitrogens is 1. The molecule has 154 valence electrons. The number of rotatable bonds is 3. The molecule has 5 nitrogen and oxygen atoms in total. The number of carbonyl (C=O) groups is 4.